The van der Waals surface area contributed by atoms with Crippen LogP contribution in [0.5, 0.6) is 5.75 Å². The van der Waals surface area contributed by atoms with Crippen LogP contribution in [-0.4, -0.2) is 51.7 Å². The third kappa shape index (κ3) is 6.06. The Bertz CT molecular complexity index is 1370. The van der Waals surface area contributed by atoms with Gasteiger partial charge in [-0.15, -0.1) is 0 Å². The summed E-state index contributed by atoms with van der Waals surface area (Å²) >= 11 is 7.44. The molecule has 3 aromatic rings. The lowest BCUT2D eigenvalue weighted by molar-refractivity contribution is -0.148. The molecule has 40 heavy (non-hydrogen) atoms. The molecule has 0 bridgehead atoms. The molecule has 0 aromatic heterocycles. The van der Waals surface area contributed by atoms with Crippen molar-refractivity contribution in [1.82, 2.24) is 9.21 Å². The van der Waals surface area contributed by atoms with Crippen molar-refractivity contribution in [3.05, 3.63) is 95.8 Å². The maximum Gasteiger partial charge on any atom is 0.415 e. The van der Waals surface area contributed by atoms with E-state index in [-0.39, 0.29) is 12.2 Å². The van der Waals surface area contributed by atoms with E-state index < -0.39 is 35.0 Å². The molecule has 2 heterocycles. The molecule has 2 aliphatic heterocycles. The Kier molecular flexibility index (Phi) is 7.99. The third-order valence-electron chi connectivity index (χ3n) is 6.83. The zero-order chi connectivity index (χ0) is 28.5. The monoisotopic (exact) mass is 584 g/mol. The zero-order valence-corrected chi connectivity index (χ0v) is 24.0. The summed E-state index contributed by atoms with van der Waals surface area (Å²) in [4.78, 5) is 27.8. The Morgan fingerprint density at radius 1 is 1.10 bits per heavy atom. The summed E-state index contributed by atoms with van der Waals surface area (Å²) in [5, 5.41) is 0. The maximum absolute atomic E-state index is 13.5. The van der Waals surface area contributed by atoms with Gasteiger partial charge in [-0.05, 0) is 80.2 Å². The van der Waals surface area contributed by atoms with Crippen LogP contribution >= 0.6 is 23.5 Å². The predicted octanol–water partition coefficient (Wildman–Crippen LogP) is 6.35. The van der Waals surface area contributed by atoms with Crippen molar-refractivity contribution in [2.24, 2.45) is 0 Å². The fourth-order valence-electron chi connectivity index (χ4n) is 5.03. The molecule has 2 atom stereocenters. The number of carbonyl (C=O) groups is 2. The van der Waals surface area contributed by atoms with Crippen LogP contribution in [0.2, 0.25) is 0 Å². The molecule has 1 unspecified atom stereocenters. The smallest absolute Gasteiger partial charge is 0.415 e. The van der Waals surface area contributed by atoms with Gasteiger partial charge in [-0.25, -0.2) is 18.3 Å². The number of hydrogen-bond donors (Lipinski definition) is 0. The van der Waals surface area contributed by atoms with E-state index in [9.17, 15) is 14.0 Å². The van der Waals surface area contributed by atoms with Crippen molar-refractivity contribution < 1.29 is 28.2 Å². The SMILES string of the molecule is CC(Cl)OC(=O)N1[C@@H](Cc2cccc(SN3CC(Oc4ccc(F)cc4)(c4ccccc4)C3)c2)C(=O)OC1(C)C. The average Bonchev–Trinajstić information content (AvgIpc) is 3.11. The summed E-state index contributed by atoms with van der Waals surface area (Å²) in [6, 6.07) is 23.1. The van der Waals surface area contributed by atoms with Gasteiger partial charge in [0.25, 0.3) is 0 Å². The van der Waals surface area contributed by atoms with Gasteiger partial charge in [0.2, 0.25) is 0 Å². The van der Waals surface area contributed by atoms with Crippen LogP contribution in [0.1, 0.15) is 31.9 Å². The molecule has 7 nitrogen and oxygen atoms in total. The van der Waals surface area contributed by atoms with Crippen LogP contribution in [-0.2, 0) is 26.3 Å². The van der Waals surface area contributed by atoms with Crippen molar-refractivity contribution in [2.45, 2.75) is 55.0 Å². The Morgan fingerprint density at radius 3 is 2.48 bits per heavy atom. The van der Waals surface area contributed by atoms with Gasteiger partial charge in [-0.2, -0.15) is 0 Å². The molecule has 210 valence electrons. The molecule has 2 aliphatic rings. The maximum atomic E-state index is 13.5. The zero-order valence-electron chi connectivity index (χ0n) is 22.4. The second kappa shape index (κ2) is 11.3. The van der Waals surface area contributed by atoms with Crippen LogP contribution in [0, 0.1) is 5.82 Å². The molecule has 5 rings (SSSR count). The molecule has 0 spiro atoms. The summed E-state index contributed by atoms with van der Waals surface area (Å²) in [5.74, 6) is -0.194. The van der Waals surface area contributed by atoms with E-state index in [2.05, 4.69) is 4.31 Å². The quantitative estimate of drug-likeness (QED) is 0.174. The molecule has 1 amide bonds. The number of nitrogens with zero attached hydrogens (tertiary/aromatic N) is 2. The third-order valence-corrected chi connectivity index (χ3v) is 7.90. The number of benzene rings is 3. The van der Waals surface area contributed by atoms with E-state index in [4.69, 9.17) is 25.8 Å². The minimum atomic E-state index is -1.15. The fourth-order valence-corrected chi connectivity index (χ4v) is 6.29. The van der Waals surface area contributed by atoms with E-state index >= 15 is 0 Å². The molecule has 2 fully saturated rings. The molecular weight excluding hydrogens is 555 g/mol. The first-order valence-electron chi connectivity index (χ1n) is 12.9. The van der Waals surface area contributed by atoms with Crippen LogP contribution in [0.25, 0.3) is 0 Å². The molecule has 3 aromatic carbocycles. The van der Waals surface area contributed by atoms with E-state index in [1.54, 1.807) is 37.9 Å². The Labute approximate surface area is 242 Å². The summed E-state index contributed by atoms with van der Waals surface area (Å²) in [7, 11) is 0. The molecule has 0 saturated carbocycles. The van der Waals surface area contributed by atoms with Crippen LogP contribution in [0.3, 0.4) is 0 Å². The first-order valence-corrected chi connectivity index (χ1v) is 14.1. The summed E-state index contributed by atoms with van der Waals surface area (Å²) in [5.41, 5.74) is -0.640. The van der Waals surface area contributed by atoms with Crippen LogP contribution < -0.4 is 4.74 Å². The van der Waals surface area contributed by atoms with Gasteiger partial charge in [-0.3, -0.25) is 4.90 Å². The minimum absolute atomic E-state index is 0.268. The highest BCUT2D eigenvalue weighted by atomic mass is 35.5. The van der Waals surface area contributed by atoms with Crippen molar-refractivity contribution >= 4 is 35.6 Å². The van der Waals surface area contributed by atoms with Gasteiger partial charge in [0.1, 0.15) is 17.6 Å². The highest BCUT2D eigenvalue weighted by Crippen LogP contribution is 2.42. The van der Waals surface area contributed by atoms with E-state index in [0.29, 0.717) is 18.8 Å². The number of cyclic esters (lactones) is 1. The number of alkyl halides is 1. The van der Waals surface area contributed by atoms with Crippen molar-refractivity contribution in [3.63, 3.8) is 0 Å². The highest BCUT2D eigenvalue weighted by molar-refractivity contribution is 7.97. The molecule has 0 aliphatic carbocycles. The number of esters is 1. The van der Waals surface area contributed by atoms with E-state index in [1.165, 1.54) is 24.0 Å². The molecule has 2 saturated heterocycles. The number of amides is 1. The van der Waals surface area contributed by atoms with Crippen molar-refractivity contribution in [3.8, 4) is 5.75 Å². The lowest BCUT2D eigenvalue weighted by atomic mass is 9.87. The average molecular weight is 585 g/mol. The summed E-state index contributed by atoms with van der Waals surface area (Å²) < 4.78 is 32.7. The Hall–Kier alpha value is -3.27. The number of halogens is 2. The van der Waals surface area contributed by atoms with Crippen molar-refractivity contribution in [2.75, 3.05) is 13.1 Å². The van der Waals surface area contributed by atoms with Gasteiger partial charge in [0.15, 0.2) is 16.9 Å². The second-order valence-electron chi connectivity index (χ2n) is 10.3. The summed E-state index contributed by atoms with van der Waals surface area (Å²) in [6.45, 7) is 6.06. The first kappa shape index (κ1) is 28.3. The fraction of sp³-hybridized carbons (Fsp3) is 0.333. The molecule has 0 N–H and O–H groups in total. The van der Waals surface area contributed by atoms with Crippen molar-refractivity contribution in [1.29, 1.82) is 0 Å². The van der Waals surface area contributed by atoms with Gasteiger partial charge in [0, 0.05) is 11.3 Å². The number of rotatable bonds is 8. The standard InChI is InChI=1S/C30H30ClFN2O5S/c1-20(31)37-28(36)34-26(27(35)39-29(34,2)3)17-21-8-7-11-25(16-21)40-33-18-30(19-33,22-9-5-4-6-10-22)38-24-14-12-23(32)13-15-24/h4-16,20,26H,17-19H2,1-3H3/t20?,26-/m0/s1. The largest absolute Gasteiger partial charge is 0.480 e. The number of carbonyl (C=O) groups excluding carboxylic acids is 2. The topological polar surface area (TPSA) is 68.3 Å². The Balaban J connectivity index is 1.28. The van der Waals surface area contributed by atoms with Gasteiger partial charge in [0.05, 0.1) is 13.1 Å². The lowest BCUT2D eigenvalue weighted by Crippen LogP contribution is -2.59. The molecular formula is C30H30ClFN2O5S. The first-order chi connectivity index (χ1) is 19.0. The number of ether oxygens (including phenoxy) is 3. The van der Waals surface area contributed by atoms with Gasteiger partial charge >= 0.3 is 12.1 Å². The van der Waals surface area contributed by atoms with Crippen LogP contribution in [0.15, 0.2) is 83.8 Å². The van der Waals surface area contributed by atoms with Gasteiger partial charge in [-0.1, -0.05) is 54.1 Å². The minimum Gasteiger partial charge on any atom is -0.480 e. The Morgan fingerprint density at radius 2 is 1.80 bits per heavy atom. The van der Waals surface area contributed by atoms with E-state index in [0.717, 1.165) is 16.0 Å². The predicted molar refractivity (Wildman–Crippen MR) is 150 cm³/mol. The normalized spacial score (nSPS) is 20.4. The molecule has 10 heteroatoms. The van der Waals surface area contributed by atoms with E-state index in [1.807, 2.05) is 54.6 Å². The molecule has 0 radical (unpaired) electrons. The van der Waals surface area contributed by atoms with Gasteiger partial charge < -0.3 is 14.2 Å². The lowest BCUT2D eigenvalue weighted by Gasteiger charge is -2.49. The summed E-state index contributed by atoms with van der Waals surface area (Å²) in [6.07, 6.45) is -0.433. The second-order valence-corrected chi connectivity index (χ2v) is 12.1. The highest BCUT2D eigenvalue weighted by Gasteiger charge is 2.51. The number of hydrogen-bond acceptors (Lipinski definition) is 7. The van der Waals surface area contributed by atoms with Crippen LogP contribution in [0.4, 0.5) is 9.18 Å².